The van der Waals surface area contributed by atoms with Crippen LogP contribution in [-0.2, 0) is 11.3 Å². The Balaban J connectivity index is 2.51. The second-order valence-electron chi connectivity index (χ2n) is 5.06. The van der Waals surface area contributed by atoms with Gasteiger partial charge < -0.3 is 4.74 Å². The molecule has 0 aromatic heterocycles. The highest BCUT2D eigenvalue weighted by Gasteiger charge is 2.11. The topological polar surface area (TPSA) is 64.3 Å². The number of amides is 1. The molecule has 4 nitrogen and oxygen atoms in total. The summed E-state index contributed by atoms with van der Waals surface area (Å²) in [5.41, 5.74) is 3.62. The first-order valence-corrected chi connectivity index (χ1v) is 7.39. The number of benzene rings is 1. The molecule has 0 aliphatic heterocycles. The van der Waals surface area contributed by atoms with E-state index in [0.717, 1.165) is 18.6 Å². The molecule has 0 heterocycles. The summed E-state index contributed by atoms with van der Waals surface area (Å²) in [6.45, 7) is 5.59. The molecule has 0 aliphatic carbocycles. The van der Waals surface area contributed by atoms with E-state index in [2.05, 4.69) is 19.3 Å². The van der Waals surface area contributed by atoms with Crippen LogP contribution >= 0.6 is 0 Å². The number of nitrogens with two attached hydrogens (primary N) is 1. The quantitative estimate of drug-likeness (QED) is 0.414. The third-order valence-electron chi connectivity index (χ3n) is 3.55. The number of carbonyl (C=O) groups excluding carboxylic acids is 1. The van der Waals surface area contributed by atoms with E-state index in [1.807, 2.05) is 18.2 Å². The van der Waals surface area contributed by atoms with Crippen molar-refractivity contribution in [3.63, 3.8) is 0 Å². The lowest BCUT2D eigenvalue weighted by atomic mass is 10.0. The lowest BCUT2D eigenvalue weighted by Crippen LogP contribution is -2.30. The number of hydrazine groups is 1. The van der Waals surface area contributed by atoms with Crippen LogP contribution in [0.15, 0.2) is 24.3 Å². The molecule has 0 bridgehead atoms. The number of unbranched alkanes of at least 4 members (excludes halogenated alkanes) is 1. The maximum absolute atomic E-state index is 11.6. The fourth-order valence-corrected chi connectivity index (χ4v) is 2.18. The molecule has 112 valence electrons. The number of rotatable bonds is 9. The normalized spacial score (nSPS) is 12.2. The van der Waals surface area contributed by atoms with Crippen LogP contribution in [0.1, 0.15) is 55.5 Å². The van der Waals surface area contributed by atoms with E-state index in [9.17, 15) is 4.79 Å². The second-order valence-corrected chi connectivity index (χ2v) is 5.06. The molecule has 1 amide bonds. The molecule has 0 fully saturated rings. The molecule has 0 aliphatic rings. The summed E-state index contributed by atoms with van der Waals surface area (Å²) >= 11 is 0. The molecule has 4 heteroatoms. The lowest BCUT2D eigenvalue weighted by Gasteiger charge is -2.15. The van der Waals surface area contributed by atoms with Gasteiger partial charge in [0.25, 0.3) is 5.91 Å². The largest absolute Gasteiger partial charge is 0.376 e. The molecule has 0 saturated heterocycles. The summed E-state index contributed by atoms with van der Waals surface area (Å²) in [7, 11) is 0. The van der Waals surface area contributed by atoms with Gasteiger partial charge in [-0.3, -0.25) is 10.2 Å². The second kappa shape index (κ2) is 9.50. The monoisotopic (exact) mass is 278 g/mol. The van der Waals surface area contributed by atoms with Gasteiger partial charge in [0.15, 0.2) is 0 Å². The van der Waals surface area contributed by atoms with Gasteiger partial charge in [-0.15, -0.1) is 0 Å². The summed E-state index contributed by atoms with van der Waals surface area (Å²) in [4.78, 5) is 11.6. The predicted octanol–water partition coefficient (Wildman–Crippen LogP) is 3.02. The van der Waals surface area contributed by atoms with Crippen molar-refractivity contribution < 1.29 is 9.53 Å². The highest BCUT2D eigenvalue weighted by molar-refractivity contribution is 5.95. The minimum Gasteiger partial charge on any atom is -0.376 e. The van der Waals surface area contributed by atoms with Crippen LogP contribution in [0.5, 0.6) is 0 Å². The number of carbonyl (C=O) groups is 1. The van der Waals surface area contributed by atoms with E-state index in [1.54, 1.807) is 6.07 Å². The molecular formula is C16H26N2O2. The SMILES string of the molecule is CCCCC(CC)COCc1ccccc1C(=O)NN. The smallest absolute Gasteiger partial charge is 0.265 e. The molecule has 20 heavy (non-hydrogen) atoms. The zero-order chi connectivity index (χ0) is 14.8. The number of nitrogen functional groups attached to an aromatic ring is 1. The van der Waals surface area contributed by atoms with E-state index < -0.39 is 0 Å². The van der Waals surface area contributed by atoms with Crippen LogP contribution in [0, 0.1) is 5.92 Å². The van der Waals surface area contributed by atoms with Gasteiger partial charge in [-0.25, -0.2) is 5.84 Å². The van der Waals surface area contributed by atoms with Crippen molar-refractivity contribution >= 4 is 5.91 Å². The molecule has 0 saturated carbocycles. The van der Waals surface area contributed by atoms with E-state index in [4.69, 9.17) is 10.6 Å². The number of nitrogens with one attached hydrogen (secondary N) is 1. The molecule has 1 unspecified atom stereocenters. The van der Waals surface area contributed by atoms with Crippen LogP contribution in [0.4, 0.5) is 0 Å². The zero-order valence-electron chi connectivity index (χ0n) is 12.5. The Morgan fingerprint density at radius 2 is 2.10 bits per heavy atom. The molecule has 1 aromatic carbocycles. The minimum atomic E-state index is -0.276. The molecule has 1 atom stereocenters. The van der Waals surface area contributed by atoms with Crippen LogP contribution in [0.3, 0.4) is 0 Å². The predicted molar refractivity (Wildman–Crippen MR) is 81.1 cm³/mol. The standard InChI is InChI=1S/C16H26N2O2/c1-3-5-8-13(4-2)11-20-12-14-9-6-7-10-15(14)16(19)18-17/h6-7,9-10,13H,3-5,8,11-12,17H2,1-2H3,(H,18,19). The highest BCUT2D eigenvalue weighted by atomic mass is 16.5. The van der Waals surface area contributed by atoms with Gasteiger partial charge in [0.1, 0.15) is 0 Å². The Bertz CT molecular complexity index is 407. The average molecular weight is 278 g/mol. The summed E-state index contributed by atoms with van der Waals surface area (Å²) in [5, 5.41) is 0. The van der Waals surface area contributed by atoms with E-state index >= 15 is 0 Å². The first kappa shape index (κ1) is 16.7. The highest BCUT2D eigenvalue weighted by Crippen LogP contribution is 2.15. The molecule has 1 aromatic rings. The molecular weight excluding hydrogens is 252 g/mol. The van der Waals surface area contributed by atoms with Gasteiger partial charge in [-0.1, -0.05) is 51.3 Å². The molecule has 0 spiro atoms. The van der Waals surface area contributed by atoms with Crippen molar-refractivity contribution in [2.24, 2.45) is 11.8 Å². The van der Waals surface area contributed by atoms with Crippen molar-refractivity contribution in [3.05, 3.63) is 35.4 Å². The maximum atomic E-state index is 11.6. The van der Waals surface area contributed by atoms with E-state index in [1.165, 1.54) is 19.3 Å². The summed E-state index contributed by atoms with van der Waals surface area (Å²) in [6, 6.07) is 7.39. The molecule has 1 rings (SSSR count). The lowest BCUT2D eigenvalue weighted by molar-refractivity contribution is 0.0799. The van der Waals surface area contributed by atoms with Crippen molar-refractivity contribution in [2.75, 3.05) is 6.61 Å². The Kier molecular flexibility index (Phi) is 7.92. The van der Waals surface area contributed by atoms with Gasteiger partial charge in [-0.05, 0) is 24.0 Å². The van der Waals surface area contributed by atoms with Crippen LogP contribution < -0.4 is 11.3 Å². The summed E-state index contributed by atoms with van der Waals surface area (Å²) in [6.07, 6.45) is 4.80. The molecule has 0 radical (unpaired) electrons. The van der Waals surface area contributed by atoms with E-state index in [-0.39, 0.29) is 5.91 Å². The Morgan fingerprint density at radius 1 is 1.35 bits per heavy atom. The van der Waals surface area contributed by atoms with Crippen LogP contribution in [-0.4, -0.2) is 12.5 Å². The first-order valence-electron chi connectivity index (χ1n) is 7.39. The van der Waals surface area contributed by atoms with Crippen molar-refractivity contribution in [2.45, 2.75) is 46.1 Å². The number of hydrogen-bond acceptors (Lipinski definition) is 3. The fourth-order valence-electron chi connectivity index (χ4n) is 2.18. The van der Waals surface area contributed by atoms with Crippen molar-refractivity contribution in [1.82, 2.24) is 5.43 Å². The number of hydrogen-bond donors (Lipinski definition) is 2. The maximum Gasteiger partial charge on any atom is 0.265 e. The Morgan fingerprint density at radius 3 is 2.75 bits per heavy atom. The van der Waals surface area contributed by atoms with Gasteiger partial charge >= 0.3 is 0 Å². The van der Waals surface area contributed by atoms with Crippen molar-refractivity contribution in [1.29, 1.82) is 0 Å². The summed E-state index contributed by atoms with van der Waals surface area (Å²) < 4.78 is 5.78. The minimum absolute atomic E-state index is 0.276. The Labute approximate surface area is 121 Å². The first-order chi connectivity index (χ1) is 9.72. The van der Waals surface area contributed by atoms with Gasteiger partial charge in [0.2, 0.25) is 0 Å². The third-order valence-corrected chi connectivity index (χ3v) is 3.55. The van der Waals surface area contributed by atoms with E-state index in [0.29, 0.717) is 18.1 Å². The third kappa shape index (κ3) is 5.31. The Hall–Kier alpha value is -1.39. The van der Waals surface area contributed by atoms with Crippen LogP contribution in [0.2, 0.25) is 0 Å². The number of ether oxygens (including phenoxy) is 1. The fraction of sp³-hybridized carbons (Fsp3) is 0.562. The molecule has 3 N–H and O–H groups in total. The van der Waals surface area contributed by atoms with Crippen molar-refractivity contribution in [3.8, 4) is 0 Å². The zero-order valence-corrected chi connectivity index (χ0v) is 12.5. The van der Waals surface area contributed by atoms with Crippen LogP contribution in [0.25, 0.3) is 0 Å². The van der Waals surface area contributed by atoms with Gasteiger partial charge in [-0.2, -0.15) is 0 Å². The summed E-state index contributed by atoms with van der Waals surface area (Å²) in [5.74, 6) is 5.51. The average Bonchev–Trinajstić information content (AvgIpc) is 2.50. The van der Waals surface area contributed by atoms with Gasteiger partial charge in [0, 0.05) is 12.2 Å². The van der Waals surface area contributed by atoms with Gasteiger partial charge in [0.05, 0.1) is 6.61 Å².